The molecular formula is C15H13ClO3. The van der Waals surface area contributed by atoms with Gasteiger partial charge in [-0.1, -0.05) is 48.0 Å². The smallest absolute Gasteiger partial charge is 0.307 e. The average Bonchev–Trinajstić information content (AvgIpc) is 2.38. The zero-order chi connectivity index (χ0) is 13.7. The van der Waals surface area contributed by atoms with E-state index in [1.54, 1.807) is 24.3 Å². The second-order valence-electron chi connectivity index (χ2n) is 4.07. The van der Waals surface area contributed by atoms with Crippen molar-refractivity contribution in [2.45, 2.75) is 12.5 Å². The van der Waals surface area contributed by atoms with Crippen LogP contribution in [-0.4, -0.2) is 11.1 Å². The molecule has 0 bridgehead atoms. The minimum Gasteiger partial charge on any atom is -0.485 e. The Kier molecular flexibility index (Phi) is 4.42. The molecule has 2 aromatic carbocycles. The van der Waals surface area contributed by atoms with E-state index in [9.17, 15) is 4.79 Å². The van der Waals surface area contributed by atoms with E-state index in [4.69, 9.17) is 21.4 Å². The van der Waals surface area contributed by atoms with Crippen LogP contribution in [0.2, 0.25) is 5.02 Å². The molecule has 0 aliphatic carbocycles. The third-order valence-electron chi connectivity index (χ3n) is 2.61. The maximum atomic E-state index is 10.9. The van der Waals surface area contributed by atoms with Gasteiger partial charge in [0.05, 0.1) is 6.42 Å². The van der Waals surface area contributed by atoms with Crippen molar-refractivity contribution in [2.24, 2.45) is 0 Å². The van der Waals surface area contributed by atoms with Gasteiger partial charge in [-0.15, -0.1) is 0 Å². The fraction of sp³-hybridized carbons (Fsp3) is 0.133. The fourth-order valence-electron chi connectivity index (χ4n) is 1.76. The minimum absolute atomic E-state index is 0.101. The van der Waals surface area contributed by atoms with Gasteiger partial charge >= 0.3 is 5.97 Å². The highest BCUT2D eigenvalue weighted by Gasteiger charge is 2.17. The summed E-state index contributed by atoms with van der Waals surface area (Å²) in [6.45, 7) is 0. The van der Waals surface area contributed by atoms with Crippen LogP contribution in [0.3, 0.4) is 0 Å². The lowest BCUT2D eigenvalue weighted by Gasteiger charge is -2.18. The van der Waals surface area contributed by atoms with Gasteiger partial charge in [-0.3, -0.25) is 4.79 Å². The van der Waals surface area contributed by atoms with Crippen LogP contribution in [0, 0.1) is 0 Å². The standard InChI is InChI=1S/C15H13ClO3/c16-12-7-4-8-13(9-12)19-14(10-15(17)18)11-5-2-1-3-6-11/h1-9,14H,10H2,(H,17,18)/t14-/m0/s1. The lowest BCUT2D eigenvalue weighted by Crippen LogP contribution is -2.12. The Hall–Kier alpha value is -2.00. The van der Waals surface area contributed by atoms with Crippen molar-refractivity contribution in [1.29, 1.82) is 0 Å². The molecule has 0 radical (unpaired) electrons. The van der Waals surface area contributed by atoms with E-state index in [0.29, 0.717) is 10.8 Å². The van der Waals surface area contributed by atoms with Crippen LogP contribution in [0.15, 0.2) is 54.6 Å². The second-order valence-corrected chi connectivity index (χ2v) is 4.51. The summed E-state index contributed by atoms with van der Waals surface area (Å²) < 4.78 is 5.73. The molecular weight excluding hydrogens is 264 g/mol. The first-order chi connectivity index (χ1) is 9.15. The van der Waals surface area contributed by atoms with Crippen molar-refractivity contribution in [3.05, 3.63) is 65.2 Å². The highest BCUT2D eigenvalue weighted by atomic mass is 35.5. The predicted molar refractivity (Wildman–Crippen MR) is 73.5 cm³/mol. The third-order valence-corrected chi connectivity index (χ3v) is 2.84. The van der Waals surface area contributed by atoms with Gasteiger partial charge in [0.2, 0.25) is 0 Å². The Morgan fingerprint density at radius 3 is 2.53 bits per heavy atom. The van der Waals surface area contributed by atoms with Crippen molar-refractivity contribution in [2.75, 3.05) is 0 Å². The van der Waals surface area contributed by atoms with Crippen molar-refractivity contribution in [1.82, 2.24) is 0 Å². The first kappa shape index (κ1) is 13.4. The second kappa shape index (κ2) is 6.25. The normalized spacial score (nSPS) is 11.8. The van der Waals surface area contributed by atoms with Crippen molar-refractivity contribution in [3.63, 3.8) is 0 Å². The number of carboxylic acids is 1. The summed E-state index contributed by atoms with van der Waals surface area (Å²) in [6, 6.07) is 16.2. The van der Waals surface area contributed by atoms with E-state index in [0.717, 1.165) is 5.56 Å². The van der Waals surface area contributed by atoms with Gasteiger partial charge in [-0.2, -0.15) is 0 Å². The van der Waals surface area contributed by atoms with Crippen LogP contribution in [0.1, 0.15) is 18.1 Å². The predicted octanol–water partition coefficient (Wildman–Crippen LogP) is 3.93. The summed E-state index contributed by atoms with van der Waals surface area (Å²) in [5, 5.41) is 9.53. The average molecular weight is 277 g/mol. The molecule has 0 unspecified atom stereocenters. The molecule has 2 aromatic rings. The third kappa shape index (κ3) is 4.00. The molecule has 0 amide bonds. The molecule has 0 spiro atoms. The SMILES string of the molecule is O=C(O)C[C@H](Oc1cccc(Cl)c1)c1ccccc1. The number of carbonyl (C=O) groups is 1. The summed E-state index contributed by atoms with van der Waals surface area (Å²) in [7, 11) is 0. The Balaban J connectivity index is 2.21. The molecule has 0 fully saturated rings. The molecule has 0 saturated heterocycles. The molecule has 0 aliphatic heterocycles. The number of ether oxygens (including phenoxy) is 1. The summed E-state index contributed by atoms with van der Waals surface area (Å²) in [5.41, 5.74) is 0.824. The number of benzene rings is 2. The lowest BCUT2D eigenvalue weighted by molar-refractivity contribution is -0.138. The summed E-state index contributed by atoms with van der Waals surface area (Å²) >= 11 is 5.88. The van der Waals surface area contributed by atoms with Crippen LogP contribution in [-0.2, 0) is 4.79 Å². The number of carboxylic acid groups (broad SMARTS) is 1. The van der Waals surface area contributed by atoms with Gasteiger partial charge in [-0.25, -0.2) is 0 Å². The molecule has 98 valence electrons. The molecule has 0 saturated carbocycles. The highest BCUT2D eigenvalue weighted by Crippen LogP contribution is 2.26. The Morgan fingerprint density at radius 1 is 1.16 bits per heavy atom. The number of hydrogen-bond donors (Lipinski definition) is 1. The Labute approximate surface area is 116 Å². The maximum Gasteiger partial charge on any atom is 0.307 e. The minimum atomic E-state index is -0.907. The Morgan fingerprint density at radius 2 is 1.89 bits per heavy atom. The first-order valence-electron chi connectivity index (χ1n) is 5.84. The summed E-state index contributed by atoms with van der Waals surface area (Å²) in [6.07, 6.45) is -0.631. The van der Waals surface area contributed by atoms with E-state index in [1.807, 2.05) is 30.3 Å². The van der Waals surface area contributed by atoms with Crippen molar-refractivity contribution >= 4 is 17.6 Å². The van der Waals surface area contributed by atoms with Gasteiger partial charge < -0.3 is 9.84 Å². The van der Waals surface area contributed by atoms with Gasteiger partial charge in [0.1, 0.15) is 11.9 Å². The van der Waals surface area contributed by atoms with Crippen molar-refractivity contribution < 1.29 is 14.6 Å². The zero-order valence-corrected chi connectivity index (χ0v) is 10.9. The summed E-state index contributed by atoms with van der Waals surface area (Å²) in [5.74, 6) is -0.349. The van der Waals surface area contributed by atoms with Gasteiger partial charge in [0.15, 0.2) is 0 Å². The lowest BCUT2D eigenvalue weighted by atomic mass is 10.1. The quantitative estimate of drug-likeness (QED) is 0.900. The molecule has 2 rings (SSSR count). The van der Waals surface area contributed by atoms with E-state index in [1.165, 1.54) is 0 Å². The van der Waals surface area contributed by atoms with Crippen LogP contribution < -0.4 is 4.74 Å². The molecule has 3 nitrogen and oxygen atoms in total. The number of halogens is 1. The zero-order valence-electron chi connectivity index (χ0n) is 10.1. The van der Waals surface area contributed by atoms with Crippen LogP contribution in [0.5, 0.6) is 5.75 Å². The molecule has 4 heteroatoms. The molecule has 0 aromatic heterocycles. The molecule has 1 atom stereocenters. The van der Waals surface area contributed by atoms with E-state index in [-0.39, 0.29) is 6.42 Å². The number of rotatable bonds is 5. The molecule has 19 heavy (non-hydrogen) atoms. The Bertz CT molecular complexity index is 554. The molecule has 0 heterocycles. The highest BCUT2D eigenvalue weighted by molar-refractivity contribution is 6.30. The monoisotopic (exact) mass is 276 g/mol. The van der Waals surface area contributed by atoms with E-state index in [2.05, 4.69) is 0 Å². The van der Waals surface area contributed by atoms with Crippen LogP contribution in [0.4, 0.5) is 0 Å². The van der Waals surface area contributed by atoms with Crippen LogP contribution in [0.25, 0.3) is 0 Å². The first-order valence-corrected chi connectivity index (χ1v) is 6.22. The van der Waals surface area contributed by atoms with E-state index < -0.39 is 12.1 Å². The number of hydrogen-bond acceptors (Lipinski definition) is 2. The van der Waals surface area contributed by atoms with Crippen LogP contribution >= 0.6 is 11.6 Å². The topological polar surface area (TPSA) is 46.5 Å². The van der Waals surface area contributed by atoms with Gasteiger partial charge in [0.25, 0.3) is 0 Å². The summed E-state index contributed by atoms with van der Waals surface area (Å²) in [4.78, 5) is 10.9. The van der Waals surface area contributed by atoms with Gasteiger partial charge in [0, 0.05) is 5.02 Å². The van der Waals surface area contributed by atoms with E-state index >= 15 is 0 Å². The fourth-order valence-corrected chi connectivity index (χ4v) is 1.94. The maximum absolute atomic E-state index is 10.9. The van der Waals surface area contributed by atoms with Crippen molar-refractivity contribution in [3.8, 4) is 5.75 Å². The number of aliphatic carboxylic acids is 1. The largest absolute Gasteiger partial charge is 0.485 e. The molecule has 0 aliphatic rings. The molecule has 1 N–H and O–H groups in total. The van der Waals surface area contributed by atoms with Gasteiger partial charge in [-0.05, 0) is 23.8 Å².